The minimum Gasteiger partial charge on any atom is -0.370 e. The summed E-state index contributed by atoms with van der Waals surface area (Å²) in [4.78, 5) is 8.94. The minimum absolute atomic E-state index is 0.488. The van der Waals surface area contributed by atoms with Crippen LogP contribution in [0.1, 0.15) is 33.1 Å². The number of hydrogen-bond acceptors (Lipinski definition) is 5. The van der Waals surface area contributed by atoms with Crippen LogP contribution in [0.4, 0.5) is 11.6 Å². The Kier molecular flexibility index (Phi) is 4.32. The molecule has 1 heterocycles. The highest BCUT2D eigenvalue weighted by Crippen LogP contribution is 2.44. The molecule has 0 aliphatic heterocycles. The summed E-state index contributed by atoms with van der Waals surface area (Å²) in [7, 11) is 0. The molecule has 0 aromatic carbocycles. The molecule has 0 atom stereocenters. The van der Waals surface area contributed by atoms with Crippen molar-refractivity contribution in [3.63, 3.8) is 0 Å². The molecule has 0 saturated heterocycles. The van der Waals surface area contributed by atoms with Crippen molar-refractivity contribution in [1.82, 2.24) is 9.97 Å². The molecule has 4 nitrogen and oxygen atoms in total. The molecular formula is C13H22N4S. The molecule has 2 rings (SSSR count). The lowest BCUT2D eigenvalue weighted by Gasteiger charge is -2.13. The Balaban J connectivity index is 2.02. The van der Waals surface area contributed by atoms with Gasteiger partial charge in [0.25, 0.3) is 0 Å². The van der Waals surface area contributed by atoms with Crippen molar-refractivity contribution in [3.05, 3.63) is 6.07 Å². The molecule has 1 aliphatic rings. The van der Waals surface area contributed by atoms with E-state index >= 15 is 0 Å². The second-order valence-electron chi connectivity index (χ2n) is 5.22. The predicted molar refractivity (Wildman–Crippen MR) is 78.4 cm³/mol. The zero-order chi connectivity index (χ0) is 13.0. The topological polar surface area (TPSA) is 49.8 Å². The number of anilines is 2. The summed E-state index contributed by atoms with van der Waals surface area (Å²) in [5, 5.41) is 7.57. The molecule has 1 aromatic rings. The zero-order valence-corrected chi connectivity index (χ0v) is 12.2. The summed E-state index contributed by atoms with van der Waals surface area (Å²) in [6, 6.07) is 2.00. The van der Waals surface area contributed by atoms with E-state index in [2.05, 4.69) is 34.4 Å². The van der Waals surface area contributed by atoms with Crippen LogP contribution in [0.15, 0.2) is 11.2 Å². The number of nitrogens with zero attached hydrogens (tertiary/aromatic N) is 2. The molecule has 0 amide bonds. The standard InChI is InChI=1S/C13H22N4S/c1-4-7-14-10-8-11(17-12(16-10)18-3)15-9-13(2)5-6-13/h8H,4-7,9H2,1-3H3,(H2,14,15,16,17). The van der Waals surface area contributed by atoms with Crippen LogP contribution in [-0.2, 0) is 0 Å². The van der Waals surface area contributed by atoms with Gasteiger partial charge in [-0.05, 0) is 30.9 Å². The van der Waals surface area contributed by atoms with Gasteiger partial charge >= 0.3 is 0 Å². The van der Waals surface area contributed by atoms with Crippen LogP contribution in [0, 0.1) is 5.41 Å². The van der Waals surface area contributed by atoms with Crippen molar-refractivity contribution >= 4 is 23.4 Å². The maximum Gasteiger partial charge on any atom is 0.191 e. The molecule has 18 heavy (non-hydrogen) atoms. The van der Waals surface area contributed by atoms with Gasteiger partial charge in [0.15, 0.2) is 5.16 Å². The van der Waals surface area contributed by atoms with Gasteiger partial charge in [-0.1, -0.05) is 25.6 Å². The molecule has 1 aliphatic carbocycles. The second kappa shape index (κ2) is 5.78. The van der Waals surface area contributed by atoms with E-state index < -0.39 is 0 Å². The van der Waals surface area contributed by atoms with Gasteiger partial charge in [-0.3, -0.25) is 0 Å². The first-order valence-electron chi connectivity index (χ1n) is 6.56. The van der Waals surface area contributed by atoms with Crippen molar-refractivity contribution in [1.29, 1.82) is 0 Å². The first kappa shape index (κ1) is 13.5. The molecule has 1 fully saturated rings. The Morgan fingerprint density at radius 2 is 1.94 bits per heavy atom. The van der Waals surface area contributed by atoms with Crippen LogP contribution < -0.4 is 10.6 Å². The smallest absolute Gasteiger partial charge is 0.191 e. The van der Waals surface area contributed by atoms with E-state index in [1.165, 1.54) is 12.8 Å². The molecule has 5 heteroatoms. The second-order valence-corrected chi connectivity index (χ2v) is 5.99. The first-order valence-corrected chi connectivity index (χ1v) is 7.78. The van der Waals surface area contributed by atoms with Gasteiger partial charge in [0.05, 0.1) is 0 Å². The Morgan fingerprint density at radius 1 is 1.28 bits per heavy atom. The summed E-state index contributed by atoms with van der Waals surface area (Å²) >= 11 is 1.58. The highest BCUT2D eigenvalue weighted by molar-refractivity contribution is 7.98. The van der Waals surface area contributed by atoms with E-state index in [1.54, 1.807) is 11.8 Å². The maximum atomic E-state index is 4.49. The van der Waals surface area contributed by atoms with Gasteiger partial charge in [0.1, 0.15) is 11.6 Å². The van der Waals surface area contributed by atoms with Crippen LogP contribution in [0.3, 0.4) is 0 Å². The van der Waals surface area contributed by atoms with Gasteiger partial charge in [0, 0.05) is 19.2 Å². The molecule has 0 unspecified atom stereocenters. The van der Waals surface area contributed by atoms with Crippen LogP contribution in [0.2, 0.25) is 0 Å². The molecule has 0 spiro atoms. The van der Waals surface area contributed by atoms with E-state index in [9.17, 15) is 0 Å². The van der Waals surface area contributed by atoms with Gasteiger partial charge in [-0.2, -0.15) is 0 Å². The molecule has 0 radical (unpaired) electrons. The Hall–Kier alpha value is -0.970. The summed E-state index contributed by atoms with van der Waals surface area (Å²) in [6.45, 7) is 6.41. The van der Waals surface area contributed by atoms with Crippen LogP contribution in [-0.4, -0.2) is 29.3 Å². The highest BCUT2D eigenvalue weighted by Gasteiger charge is 2.36. The van der Waals surface area contributed by atoms with E-state index in [4.69, 9.17) is 0 Å². The average Bonchev–Trinajstić information content (AvgIpc) is 3.12. The van der Waals surface area contributed by atoms with Crippen molar-refractivity contribution < 1.29 is 0 Å². The first-order chi connectivity index (χ1) is 8.65. The lowest BCUT2D eigenvalue weighted by molar-refractivity contribution is 0.608. The fourth-order valence-corrected chi connectivity index (χ4v) is 2.02. The summed E-state index contributed by atoms with van der Waals surface area (Å²) < 4.78 is 0. The number of hydrogen-bond donors (Lipinski definition) is 2. The normalized spacial score (nSPS) is 16.4. The molecule has 0 bridgehead atoms. The molecular weight excluding hydrogens is 244 g/mol. The maximum absolute atomic E-state index is 4.49. The highest BCUT2D eigenvalue weighted by atomic mass is 32.2. The lowest BCUT2D eigenvalue weighted by atomic mass is 10.1. The molecule has 100 valence electrons. The Morgan fingerprint density at radius 3 is 2.50 bits per heavy atom. The van der Waals surface area contributed by atoms with Crippen LogP contribution >= 0.6 is 11.8 Å². The van der Waals surface area contributed by atoms with Crippen LogP contribution in [0.25, 0.3) is 0 Å². The molecule has 2 N–H and O–H groups in total. The zero-order valence-electron chi connectivity index (χ0n) is 11.4. The summed E-state index contributed by atoms with van der Waals surface area (Å²) in [5.74, 6) is 1.85. The van der Waals surface area contributed by atoms with E-state index in [1.807, 2.05) is 12.3 Å². The summed E-state index contributed by atoms with van der Waals surface area (Å²) in [6.07, 6.45) is 5.74. The van der Waals surface area contributed by atoms with Gasteiger partial charge < -0.3 is 10.6 Å². The lowest BCUT2D eigenvalue weighted by Crippen LogP contribution is -2.14. The largest absolute Gasteiger partial charge is 0.370 e. The number of nitrogens with one attached hydrogen (secondary N) is 2. The number of aromatic nitrogens is 2. The fraction of sp³-hybridized carbons (Fsp3) is 0.692. The average molecular weight is 266 g/mol. The SMILES string of the molecule is CCCNc1cc(NCC2(C)CC2)nc(SC)n1. The third kappa shape index (κ3) is 3.77. The van der Waals surface area contributed by atoms with Gasteiger partial charge in [0.2, 0.25) is 0 Å². The number of thioether (sulfide) groups is 1. The third-order valence-electron chi connectivity index (χ3n) is 3.24. The van der Waals surface area contributed by atoms with Crippen molar-refractivity contribution in [3.8, 4) is 0 Å². The van der Waals surface area contributed by atoms with Crippen molar-refractivity contribution in [2.45, 2.75) is 38.3 Å². The van der Waals surface area contributed by atoms with Crippen LogP contribution in [0.5, 0.6) is 0 Å². The Labute approximate surface area is 113 Å². The van der Waals surface area contributed by atoms with E-state index in [-0.39, 0.29) is 0 Å². The van der Waals surface area contributed by atoms with Crippen molar-refractivity contribution in [2.24, 2.45) is 5.41 Å². The quantitative estimate of drug-likeness (QED) is 0.586. The predicted octanol–water partition coefficient (Wildman–Crippen LogP) is 3.23. The Bertz CT molecular complexity index is 404. The van der Waals surface area contributed by atoms with Crippen molar-refractivity contribution in [2.75, 3.05) is 30.0 Å². The number of rotatable bonds is 7. The third-order valence-corrected chi connectivity index (χ3v) is 3.79. The van der Waals surface area contributed by atoms with Gasteiger partial charge in [-0.25, -0.2) is 9.97 Å². The molecule has 1 saturated carbocycles. The minimum atomic E-state index is 0.488. The fourth-order valence-electron chi connectivity index (χ4n) is 1.64. The summed E-state index contributed by atoms with van der Waals surface area (Å²) in [5.41, 5.74) is 0.488. The molecule has 1 aromatic heterocycles. The monoisotopic (exact) mass is 266 g/mol. The van der Waals surface area contributed by atoms with E-state index in [0.717, 1.165) is 36.3 Å². The van der Waals surface area contributed by atoms with Gasteiger partial charge in [-0.15, -0.1) is 0 Å². The van der Waals surface area contributed by atoms with E-state index in [0.29, 0.717) is 5.41 Å².